The molecule has 5 heteroatoms. The fourth-order valence-electron chi connectivity index (χ4n) is 1.61. The minimum Gasteiger partial charge on any atom is -0.385 e. The molecule has 16 heavy (non-hydrogen) atoms. The van der Waals surface area contributed by atoms with E-state index >= 15 is 0 Å². The second-order valence-electron chi connectivity index (χ2n) is 4.12. The van der Waals surface area contributed by atoms with Crippen LogP contribution in [0.25, 0.3) is 0 Å². The molecule has 0 aromatic carbocycles. The first-order chi connectivity index (χ1) is 7.67. The maximum atomic E-state index is 5.59. The van der Waals surface area contributed by atoms with Crippen LogP contribution >= 0.6 is 11.3 Å². The molecule has 0 amide bonds. The Morgan fingerprint density at radius 3 is 2.88 bits per heavy atom. The molecule has 0 aliphatic rings. The van der Waals surface area contributed by atoms with E-state index in [1.54, 1.807) is 18.4 Å². The van der Waals surface area contributed by atoms with E-state index in [-0.39, 0.29) is 6.04 Å². The van der Waals surface area contributed by atoms with Gasteiger partial charge >= 0.3 is 0 Å². The third-order valence-corrected chi connectivity index (χ3v) is 3.73. The highest BCUT2D eigenvalue weighted by atomic mass is 32.1. The van der Waals surface area contributed by atoms with Crippen LogP contribution in [-0.4, -0.2) is 24.7 Å². The number of aromatic nitrogens is 1. The molecule has 4 nitrogen and oxygen atoms in total. The molecule has 0 saturated heterocycles. The van der Waals surface area contributed by atoms with Crippen LogP contribution in [0, 0.1) is 12.8 Å². The Balaban J connectivity index is 2.47. The average Bonchev–Trinajstić information content (AvgIpc) is 2.68. The van der Waals surface area contributed by atoms with Crippen LogP contribution in [0.4, 0.5) is 0 Å². The molecular formula is C11H21N3OS. The summed E-state index contributed by atoms with van der Waals surface area (Å²) in [5, 5.41) is 3.22. The molecule has 1 heterocycles. The van der Waals surface area contributed by atoms with Crippen molar-refractivity contribution < 1.29 is 4.74 Å². The van der Waals surface area contributed by atoms with Gasteiger partial charge in [0.1, 0.15) is 0 Å². The van der Waals surface area contributed by atoms with Crippen LogP contribution in [0.2, 0.25) is 0 Å². The van der Waals surface area contributed by atoms with Crippen molar-refractivity contribution in [3.8, 4) is 0 Å². The van der Waals surface area contributed by atoms with Gasteiger partial charge in [0.15, 0.2) is 0 Å². The van der Waals surface area contributed by atoms with Crippen molar-refractivity contribution >= 4 is 11.3 Å². The highest BCUT2D eigenvalue weighted by Gasteiger charge is 2.17. The summed E-state index contributed by atoms with van der Waals surface area (Å²) in [5.74, 6) is 6.07. The summed E-state index contributed by atoms with van der Waals surface area (Å²) >= 11 is 1.70. The van der Waals surface area contributed by atoms with E-state index in [2.05, 4.69) is 22.7 Å². The van der Waals surface area contributed by atoms with E-state index < -0.39 is 0 Å². The molecule has 0 spiro atoms. The Morgan fingerprint density at radius 1 is 1.62 bits per heavy atom. The molecular weight excluding hydrogens is 222 g/mol. The normalized spacial score (nSPS) is 15.0. The summed E-state index contributed by atoms with van der Waals surface area (Å²) in [6.07, 6.45) is 1.90. The predicted molar refractivity (Wildman–Crippen MR) is 67.3 cm³/mol. The topological polar surface area (TPSA) is 60.2 Å². The number of rotatable bonds is 7. The highest BCUT2D eigenvalue weighted by Crippen LogP contribution is 2.16. The molecule has 2 atom stereocenters. The van der Waals surface area contributed by atoms with E-state index in [9.17, 15) is 0 Å². The number of methoxy groups -OCH3 is 1. The van der Waals surface area contributed by atoms with E-state index in [1.807, 2.05) is 6.92 Å². The monoisotopic (exact) mass is 243 g/mol. The zero-order valence-electron chi connectivity index (χ0n) is 10.2. The molecule has 2 unspecified atom stereocenters. The molecule has 92 valence electrons. The average molecular weight is 243 g/mol. The van der Waals surface area contributed by atoms with Crippen molar-refractivity contribution in [1.82, 2.24) is 10.4 Å². The van der Waals surface area contributed by atoms with Crippen molar-refractivity contribution in [1.29, 1.82) is 0 Å². The maximum Gasteiger partial charge on any atom is 0.0944 e. The number of aryl methyl sites for hydroxylation is 1. The zero-order valence-corrected chi connectivity index (χ0v) is 11.0. The lowest BCUT2D eigenvalue weighted by molar-refractivity contribution is 0.170. The molecule has 0 radical (unpaired) electrons. The summed E-state index contributed by atoms with van der Waals surface area (Å²) in [6, 6.07) is 0.265. The standard InChI is InChI=1S/C11H21N3OS/c1-8(4-5-15-3)10(14-12)6-11-13-9(2)7-16-11/h7-8,10,14H,4-6,12H2,1-3H3. The maximum absolute atomic E-state index is 5.59. The minimum atomic E-state index is 0.265. The molecule has 0 saturated carbocycles. The van der Waals surface area contributed by atoms with Gasteiger partial charge in [-0.05, 0) is 19.3 Å². The van der Waals surface area contributed by atoms with Gasteiger partial charge < -0.3 is 4.74 Å². The molecule has 0 bridgehead atoms. The zero-order chi connectivity index (χ0) is 12.0. The van der Waals surface area contributed by atoms with E-state index in [0.717, 1.165) is 30.2 Å². The van der Waals surface area contributed by atoms with Crippen LogP contribution in [-0.2, 0) is 11.2 Å². The smallest absolute Gasteiger partial charge is 0.0944 e. The highest BCUT2D eigenvalue weighted by molar-refractivity contribution is 7.09. The van der Waals surface area contributed by atoms with Crippen LogP contribution in [0.3, 0.4) is 0 Å². The number of hydrogen-bond donors (Lipinski definition) is 2. The second kappa shape index (κ2) is 6.96. The van der Waals surface area contributed by atoms with Crippen LogP contribution in [0.5, 0.6) is 0 Å². The Morgan fingerprint density at radius 2 is 2.38 bits per heavy atom. The van der Waals surface area contributed by atoms with Gasteiger partial charge in [0.05, 0.1) is 5.01 Å². The van der Waals surface area contributed by atoms with Crippen LogP contribution in [0.1, 0.15) is 24.0 Å². The number of nitrogens with zero attached hydrogens (tertiary/aromatic N) is 1. The molecule has 0 fully saturated rings. The Hall–Kier alpha value is -0.490. The molecule has 0 aliphatic carbocycles. The van der Waals surface area contributed by atoms with Gasteiger partial charge in [-0.1, -0.05) is 6.92 Å². The van der Waals surface area contributed by atoms with Gasteiger partial charge in [-0.25, -0.2) is 4.98 Å². The predicted octanol–water partition coefficient (Wildman–Crippen LogP) is 1.50. The molecule has 1 aromatic heterocycles. The van der Waals surface area contributed by atoms with Crippen molar-refractivity contribution in [3.05, 3.63) is 16.1 Å². The first kappa shape index (κ1) is 13.6. The van der Waals surface area contributed by atoms with Gasteiger partial charge in [-0.2, -0.15) is 0 Å². The van der Waals surface area contributed by atoms with Gasteiger partial charge in [-0.3, -0.25) is 11.3 Å². The van der Waals surface area contributed by atoms with Crippen molar-refractivity contribution in [3.63, 3.8) is 0 Å². The first-order valence-corrected chi connectivity index (χ1v) is 6.41. The molecule has 3 N–H and O–H groups in total. The van der Waals surface area contributed by atoms with Gasteiger partial charge in [0, 0.05) is 37.3 Å². The lowest BCUT2D eigenvalue weighted by Gasteiger charge is -2.22. The summed E-state index contributed by atoms with van der Waals surface area (Å²) in [6.45, 7) is 4.97. The number of nitrogens with one attached hydrogen (secondary N) is 1. The summed E-state index contributed by atoms with van der Waals surface area (Å²) in [4.78, 5) is 4.45. The third-order valence-electron chi connectivity index (χ3n) is 2.74. The van der Waals surface area contributed by atoms with Gasteiger partial charge in [0.2, 0.25) is 0 Å². The SMILES string of the molecule is COCCC(C)C(Cc1nc(C)cs1)NN. The van der Waals surface area contributed by atoms with E-state index in [4.69, 9.17) is 10.6 Å². The lowest BCUT2D eigenvalue weighted by atomic mass is 9.97. The summed E-state index contributed by atoms with van der Waals surface area (Å²) in [5.41, 5.74) is 3.96. The number of nitrogens with two attached hydrogens (primary N) is 1. The van der Waals surface area contributed by atoms with Gasteiger partial charge in [-0.15, -0.1) is 11.3 Å². The molecule has 1 aromatic rings. The van der Waals surface area contributed by atoms with Crippen molar-refractivity contribution in [2.24, 2.45) is 11.8 Å². The Bertz CT molecular complexity index is 303. The molecule has 0 aliphatic heterocycles. The minimum absolute atomic E-state index is 0.265. The number of hydrogen-bond acceptors (Lipinski definition) is 5. The van der Waals surface area contributed by atoms with Crippen molar-refractivity contribution in [2.45, 2.75) is 32.7 Å². The Kier molecular flexibility index (Phi) is 5.90. The number of hydrazine groups is 1. The fourth-order valence-corrected chi connectivity index (χ4v) is 2.45. The number of thiazole rings is 1. The summed E-state index contributed by atoms with van der Waals surface area (Å²) in [7, 11) is 1.72. The first-order valence-electron chi connectivity index (χ1n) is 5.53. The quantitative estimate of drug-likeness (QED) is 0.563. The molecule has 1 rings (SSSR count). The largest absolute Gasteiger partial charge is 0.385 e. The van der Waals surface area contributed by atoms with Crippen LogP contribution in [0.15, 0.2) is 5.38 Å². The number of ether oxygens (including phenoxy) is 1. The van der Waals surface area contributed by atoms with Crippen LogP contribution < -0.4 is 11.3 Å². The van der Waals surface area contributed by atoms with E-state index in [0.29, 0.717) is 5.92 Å². The van der Waals surface area contributed by atoms with Gasteiger partial charge in [0.25, 0.3) is 0 Å². The Labute approximate surface area is 101 Å². The van der Waals surface area contributed by atoms with E-state index in [1.165, 1.54) is 0 Å². The summed E-state index contributed by atoms with van der Waals surface area (Å²) < 4.78 is 5.08. The van der Waals surface area contributed by atoms with Crippen molar-refractivity contribution in [2.75, 3.05) is 13.7 Å². The fraction of sp³-hybridized carbons (Fsp3) is 0.727. The third kappa shape index (κ3) is 4.17. The lowest BCUT2D eigenvalue weighted by Crippen LogP contribution is -2.41. The second-order valence-corrected chi connectivity index (χ2v) is 5.06.